The molecule has 0 fully saturated rings. The van der Waals surface area contributed by atoms with Gasteiger partial charge in [-0.1, -0.05) is 83.9 Å². The van der Waals surface area contributed by atoms with Crippen LogP contribution in [0.25, 0.3) is 0 Å². The lowest BCUT2D eigenvalue weighted by molar-refractivity contribution is -0.139. The van der Waals surface area contributed by atoms with Crippen molar-refractivity contribution in [1.82, 2.24) is 10.2 Å². The van der Waals surface area contributed by atoms with Crippen molar-refractivity contribution in [3.63, 3.8) is 0 Å². The second kappa shape index (κ2) is 13.7. The zero-order valence-corrected chi connectivity index (χ0v) is 24.6. The number of hydrogen-bond donors (Lipinski definition) is 1. The molecule has 0 saturated carbocycles. The lowest BCUT2D eigenvalue weighted by atomic mass is 10.0. The maximum Gasteiger partial charge on any atom is 0.264 e. The Labute approximate surface area is 250 Å². The summed E-state index contributed by atoms with van der Waals surface area (Å²) in [5, 5.41) is 3.52. The van der Waals surface area contributed by atoms with E-state index in [2.05, 4.69) is 5.32 Å². The maximum atomic E-state index is 14.2. The first kappa shape index (κ1) is 30.1. The predicted octanol–water partition coefficient (Wildman–Crippen LogP) is 5.57. The van der Waals surface area contributed by atoms with Gasteiger partial charge in [-0.15, -0.1) is 0 Å². The van der Waals surface area contributed by atoms with Crippen LogP contribution < -0.4 is 9.62 Å². The summed E-state index contributed by atoms with van der Waals surface area (Å²) in [7, 11) is -2.68. The average molecular weight is 611 g/mol. The molecule has 4 rings (SSSR count). The highest BCUT2D eigenvalue weighted by atomic mass is 35.5. The van der Waals surface area contributed by atoms with E-state index < -0.39 is 28.5 Å². The largest absolute Gasteiger partial charge is 0.357 e. The summed E-state index contributed by atoms with van der Waals surface area (Å²) >= 11 is 12.2. The molecule has 0 aliphatic carbocycles. The fourth-order valence-electron chi connectivity index (χ4n) is 4.41. The van der Waals surface area contributed by atoms with Crippen molar-refractivity contribution in [3.05, 3.63) is 130 Å². The second-order valence-corrected chi connectivity index (χ2v) is 12.0. The van der Waals surface area contributed by atoms with Crippen molar-refractivity contribution >= 4 is 50.7 Å². The van der Waals surface area contributed by atoms with E-state index in [1.165, 1.54) is 36.2 Å². The average Bonchev–Trinajstić information content (AvgIpc) is 2.98. The van der Waals surface area contributed by atoms with Crippen LogP contribution in [0.2, 0.25) is 10.0 Å². The van der Waals surface area contributed by atoms with Gasteiger partial charge in [-0.2, -0.15) is 0 Å². The van der Waals surface area contributed by atoms with Crippen LogP contribution in [0.15, 0.2) is 114 Å². The third-order valence-electron chi connectivity index (χ3n) is 6.48. The highest BCUT2D eigenvalue weighted by Crippen LogP contribution is 2.26. The number of carbonyl (C=O) groups excluding carboxylic acids is 2. The van der Waals surface area contributed by atoms with Crippen molar-refractivity contribution in [2.24, 2.45) is 0 Å². The second-order valence-electron chi connectivity index (χ2n) is 9.27. The highest BCUT2D eigenvalue weighted by Gasteiger charge is 2.34. The van der Waals surface area contributed by atoms with Gasteiger partial charge in [0, 0.05) is 30.1 Å². The molecule has 0 aromatic heterocycles. The van der Waals surface area contributed by atoms with E-state index in [4.69, 9.17) is 23.2 Å². The van der Waals surface area contributed by atoms with Crippen LogP contribution >= 0.6 is 23.2 Å². The number of anilines is 1. The molecule has 0 unspecified atom stereocenters. The van der Waals surface area contributed by atoms with Crippen molar-refractivity contribution in [1.29, 1.82) is 0 Å². The third-order valence-corrected chi connectivity index (χ3v) is 8.76. The molecule has 4 aromatic rings. The first-order chi connectivity index (χ1) is 19.7. The molecule has 4 aromatic carbocycles. The molecule has 0 aliphatic rings. The van der Waals surface area contributed by atoms with E-state index in [-0.39, 0.29) is 23.8 Å². The summed E-state index contributed by atoms with van der Waals surface area (Å²) in [6.07, 6.45) is 0.224. The van der Waals surface area contributed by atoms with Gasteiger partial charge in [0.15, 0.2) is 0 Å². The first-order valence-corrected chi connectivity index (χ1v) is 15.0. The van der Waals surface area contributed by atoms with E-state index in [1.54, 1.807) is 54.6 Å². The number of rotatable bonds is 11. The van der Waals surface area contributed by atoms with Crippen molar-refractivity contribution in [2.75, 3.05) is 17.9 Å². The number of nitrogens with zero attached hydrogens (tertiary/aromatic N) is 2. The predicted molar refractivity (Wildman–Crippen MR) is 162 cm³/mol. The van der Waals surface area contributed by atoms with Crippen LogP contribution in [0.5, 0.6) is 0 Å². The molecule has 41 heavy (non-hydrogen) atoms. The van der Waals surface area contributed by atoms with Gasteiger partial charge >= 0.3 is 0 Å². The molecule has 10 heteroatoms. The number of sulfonamides is 1. The monoisotopic (exact) mass is 609 g/mol. The maximum absolute atomic E-state index is 14.2. The van der Waals surface area contributed by atoms with E-state index >= 15 is 0 Å². The minimum atomic E-state index is -4.18. The summed E-state index contributed by atoms with van der Waals surface area (Å²) in [5.74, 6) is -0.938. The van der Waals surface area contributed by atoms with Crippen LogP contribution in [0.4, 0.5) is 5.69 Å². The summed E-state index contributed by atoms with van der Waals surface area (Å²) in [4.78, 5) is 28.8. The first-order valence-electron chi connectivity index (χ1n) is 12.8. The van der Waals surface area contributed by atoms with Gasteiger partial charge in [0.25, 0.3) is 10.0 Å². The highest BCUT2D eigenvalue weighted by molar-refractivity contribution is 7.92. The van der Waals surface area contributed by atoms with Crippen molar-refractivity contribution in [2.45, 2.75) is 23.9 Å². The van der Waals surface area contributed by atoms with Crippen molar-refractivity contribution in [3.8, 4) is 0 Å². The van der Waals surface area contributed by atoms with Gasteiger partial charge in [-0.05, 0) is 59.7 Å². The molecule has 0 bridgehead atoms. The number of amides is 2. The lowest BCUT2D eigenvalue weighted by Gasteiger charge is -2.33. The smallest absolute Gasteiger partial charge is 0.264 e. The quantitative estimate of drug-likeness (QED) is 0.241. The van der Waals surface area contributed by atoms with E-state index in [9.17, 15) is 18.0 Å². The Bertz CT molecular complexity index is 1580. The van der Waals surface area contributed by atoms with Crippen LogP contribution in [0.1, 0.15) is 11.1 Å². The molecule has 0 aliphatic heterocycles. The Morgan fingerprint density at radius 2 is 1.39 bits per heavy atom. The van der Waals surface area contributed by atoms with Gasteiger partial charge in [-0.25, -0.2) is 8.42 Å². The molecule has 1 N–H and O–H groups in total. The summed E-state index contributed by atoms with van der Waals surface area (Å²) in [6.45, 7) is -0.508. The minimum absolute atomic E-state index is 0.0212. The van der Waals surface area contributed by atoms with Crippen LogP contribution in [0.3, 0.4) is 0 Å². The molecule has 0 radical (unpaired) electrons. The SMILES string of the molecule is CNC(=O)[C@@H](Cc1ccccc1)N(Cc1cccc(Cl)c1)C(=O)CN(c1ccccc1)S(=O)(=O)c1ccc(Cl)cc1. The van der Waals surface area contributed by atoms with Gasteiger partial charge in [0.05, 0.1) is 10.6 Å². The zero-order valence-electron chi connectivity index (χ0n) is 22.3. The molecular formula is C31H29Cl2N3O4S. The summed E-state index contributed by atoms with van der Waals surface area (Å²) in [5.41, 5.74) is 1.84. The molecule has 212 valence electrons. The number of carbonyl (C=O) groups is 2. The van der Waals surface area contributed by atoms with Gasteiger partial charge < -0.3 is 10.2 Å². The fraction of sp³-hybridized carbons (Fsp3) is 0.161. The van der Waals surface area contributed by atoms with E-state index in [1.807, 2.05) is 30.3 Å². The fourth-order valence-corrected chi connectivity index (χ4v) is 6.16. The number of nitrogens with one attached hydrogen (secondary N) is 1. The molecule has 0 saturated heterocycles. The van der Waals surface area contributed by atoms with Gasteiger partial charge in [-0.3, -0.25) is 13.9 Å². The van der Waals surface area contributed by atoms with E-state index in [0.29, 0.717) is 21.3 Å². The number of benzene rings is 4. The number of hydrogen-bond acceptors (Lipinski definition) is 4. The van der Waals surface area contributed by atoms with Crippen LogP contribution in [0, 0.1) is 0 Å². The minimum Gasteiger partial charge on any atom is -0.357 e. The van der Waals surface area contributed by atoms with Gasteiger partial charge in [0.2, 0.25) is 11.8 Å². The topological polar surface area (TPSA) is 86.8 Å². The lowest BCUT2D eigenvalue weighted by Crippen LogP contribution is -2.53. The molecule has 2 amide bonds. The summed E-state index contributed by atoms with van der Waals surface area (Å²) < 4.78 is 28.8. The standard InChI is InChI=1S/C31H29Cl2N3O4S/c1-34-31(38)29(20-23-9-4-2-5-10-23)35(21-24-11-8-12-26(33)19-24)30(37)22-36(27-13-6-3-7-14-27)41(39,40)28-17-15-25(32)16-18-28/h2-19,29H,20-22H2,1H3,(H,34,38)/t29-/m1/s1. The Balaban J connectivity index is 1.77. The molecule has 0 heterocycles. The molecule has 7 nitrogen and oxygen atoms in total. The van der Waals surface area contributed by atoms with Crippen molar-refractivity contribution < 1.29 is 18.0 Å². The zero-order chi connectivity index (χ0) is 29.4. The Kier molecular flexibility index (Phi) is 10.0. The summed E-state index contributed by atoms with van der Waals surface area (Å²) in [6, 6.07) is 29.5. The normalized spacial score (nSPS) is 11.9. The molecule has 1 atom stereocenters. The van der Waals surface area contributed by atoms with Crippen LogP contribution in [-0.4, -0.2) is 44.8 Å². The Morgan fingerprint density at radius 1 is 0.780 bits per heavy atom. The van der Waals surface area contributed by atoms with Crippen LogP contribution in [-0.2, 0) is 32.6 Å². The number of likely N-dealkylation sites (N-methyl/N-ethyl adjacent to an activating group) is 1. The van der Waals surface area contributed by atoms with Gasteiger partial charge in [0.1, 0.15) is 12.6 Å². The van der Waals surface area contributed by atoms with E-state index in [0.717, 1.165) is 9.87 Å². The molecular weight excluding hydrogens is 581 g/mol. The number of halogens is 2. The molecule has 0 spiro atoms. The third kappa shape index (κ3) is 7.67. The Morgan fingerprint density at radius 3 is 2.00 bits per heavy atom. The Hall–Kier alpha value is -3.85. The number of para-hydroxylation sites is 1.